The van der Waals surface area contributed by atoms with Gasteiger partial charge in [-0.1, -0.05) is 0 Å². The Morgan fingerprint density at radius 3 is 2.30 bits per heavy atom. The van der Waals surface area contributed by atoms with Crippen LogP contribution in [0.3, 0.4) is 0 Å². The predicted octanol–water partition coefficient (Wildman–Crippen LogP) is 2.88. The molecule has 4 rings (SSSR count). The van der Waals surface area contributed by atoms with Gasteiger partial charge in [0.25, 0.3) is 0 Å². The molecule has 20 heavy (non-hydrogen) atoms. The molecule has 0 N–H and O–H groups in total. The van der Waals surface area contributed by atoms with Crippen LogP contribution < -0.4 is 0 Å². The molecule has 3 unspecified atom stereocenters. The van der Waals surface area contributed by atoms with Gasteiger partial charge in [0.2, 0.25) is 0 Å². The summed E-state index contributed by atoms with van der Waals surface area (Å²) in [6.45, 7) is 0.808. The van der Waals surface area contributed by atoms with Gasteiger partial charge in [-0.05, 0) is 50.9 Å². The number of rotatable bonds is 2. The molecule has 0 saturated heterocycles. The molecular weight excluding hydrogens is 273 g/mol. The molecule has 0 heterocycles. The second kappa shape index (κ2) is 4.21. The van der Waals surface area contributed by atoms with Crippen LogP contribution in [0.5, 0.6) is 0 Å². The molecule has 4 aliphatic carbocycles. The smallest absolute Gasteiger partial charge is 0.425 e. The second-order valence-electron chi connectivity index (χ2n) is 6.58. The Kier molecular flexibility index (Phi) is 2.93. The zero-order valence-corrected chi connectivity index (χ0v) is 11.2. The van der Waals surface area contributed by atoms with Gasteiger partial charge in [0.1, 0.15) is 5.41 Å². The molecule has 0 spiro atoms. The summed E-state index contributed by atoms with van der Waals surface area (Å²) in [6, 6.07) is 0. The number of esters is 1. The van der Waals surface area contributed by atoms with Crippen LogP contribution in [0.1, 0.15) is 39.0 Å². The lowest BCUT2D eigenvalue weighted by atomic mass is 9.49. The van der Waals surface area contributed by atoms with E-state index in [1.807, 2.05) is 0 Å². The lowest BCUT2D eigenvalue weighted by Crippen LogP contribution is -2.58. The Labute approximate surface area is 114 Å². The first-order valence-electron chi connectivity index (χ1n) is 7.04. The molecule has 4 saturated carbocycles. The van der Waals surface area contributed by atoms with E-state index in [-0.39, 0.29) is 11.7 Å². The molecule has 0 aromatic heterocycles. The van der Waals surface area contributed by atoms with Gasteiger partial charge < -0.3 is 4.74 Å². The van der Waals surface area contributed by atoms with Crippen molar-refractivity contribution in [1.29, 1.82) is 0 Å². The van der Waals surface area contributed by atoms with Crippen molar-refractivity contribution in [3.63, 3.8) is 0 Å². The third-order valence-corrected chi connectivity index (χ3v) is 5.15. The van der Waals surface area contributed by atoms with Gasteiger partial charge in [-0.3, -0.25) is 9.59 Å². The summed E-state index contributed by atoms with van der Waals surface area (Å²) in [5.41, 5.74) is -1.28. The third-order valence-electron chi connectivity index (χ3n) is 5.15. The molecule has 4 bridgehead atoms. The fourth-order valence-corrected chi connectivity index (χ4v) is 4.38. The van der Waals surface area contributed by atoms with Crippen LogP contribution in [0.4, 0.5) is 13.2 Å². The molecule has 0 aromatic carbocycles. The summed E-state index contributed by atoms with van der Waals surface area (Å²) < 4.78 is 42.1. The van der Waals surface area contributed by atoms with Crippen molar-refractivity contribution in [2.75, 3.05) is 0 Å². The fraction of sp³-hybridized carbons (Fsp3) is 0.857. The highest BCUT2D eigenvalue weighted by Crippen LogP contribution is 2.58. The minimum Gasteiger partial charge on any atom is -0.452 e. The topological polar surface area (TPSA) is 43.4 Å². The Balaban J connectivity index is 1.81. The zero-order chi connectivity index (χ0) is 14.7. The van der Waals surface area contributed by atoms with Crippen LogP contribution in [0.15, 0.2) is 0 Å². The Hall–Kier alpha value is -1.07. The number of ether oxygens (including phenoxy) is 1. The molecule has 0 aromatic rings. The summed E-state index contributed by atoms with van der Waals surface area (Å²) >= 11 is 0. The lowest BCUT2D eigenvalue weighted by molar-refractivity contribution is -0.226. The van der Waals surface area contributed by atoms with Crippen LogP contribution in [0, 0.1) is 23.2 Å². The maximum Gasteiger partial charge on any atom is 0.425 e. The second-order valence-corrected chi connectivity index (χ2v) is 6.58. The molecule has 4 aliphatic rings. The molecule has 0 amide bonds. The van der Waals surface area contributed by atoms with Crippen molar-refractivity contribution < 1.29 is 27.5 Å². The maximum atomic E-state index is 12.5. The summed E-state index contributed by atoms with van der Waals surface area (Å²) in [5.74, 6) is -0.691. The molecule has 4 fully saturated rings. The molecule has 0 aliphatic heterocycles. The average Bonchev–Trinajstić information content (AvgIpc) is 2.33. The number of ketones is 1. The van der Waals surface area contributed by atoms with E-state index in [4.69, 9.17) is 0 Å². The highest BCUT2D eigenvalue weighted by molar-refractivity contribution is 6.06. The molecule has 112 valence electrons. The first kappa shape index (κ1) is 13.9. The van der Waals surface area contributed by atoms with Crippen LogP contribution >= 0.6 is 0 Å². The van der Waals surface area contributed by atoms with E-state index in [0.29, 0.717) is 24.7 Å². The number of halogens is 3. The van der Waals surface area contributed by atoms with Crippen LogP contribution in [0.25, 0.3) is 0 Å². The molecular formula is C14H17F3O3. The SMILES string of the molecule is CC(OC(=O)C12CC3CC(CC(C3)C1=O)C2)C(F)(F)F. The van der Waals surface area contributed by atoms with Gasteiger partial charge >= 0.3 is 12.1 Å². The van der Waals surface area contributed by atoms with Crippen molar-refractivity contribution in [1.82, 2.24) is 0 Å². The van der Waals surface area contributed by atoms with Gasteiger partial charge in [0.05, 0.1) is 0 Å². The van der Waals surface area contributed by atoms with E-state index in [2.05, 4.69) is 4.74 Å². The monoisotopic (exact) mass is 290 g/mol. The van der Waals surface area contributed by atoms with Crippen molar-refractivity contribution in [3.05, 3.63) is 0 Å². The van der Waals surface area contributed by atoms with Gasteiger partial charge in [0.15, 0.2) is 11.9 Å². The Bertz CT molecular complexity index is 443. The summed E-state index contributed by atoms with van der Waals surface area (Å²) in [7, 11) is 0. The van der Waals surface area contributed by atoms with Crippen molar-refractivity contribution >= 4 is 11.8 Å². The summed E-state index contributed by atoms with van der Waals surface area (Å²) in [6.07, 6.45) is -3.41. The van der Waals surface area contributed by atoms with Gasteiger partial charge in [-0.15, -0.1) is 0 Å². The van der Waals surface area contributed by atoms with E-state index in [0.717, 1.165) is 26.2 Å². The lowest BCUT2D eigenvalue weighted by Gasteiger charge is -2.53. The van der Waals surface area contributed by atoms with E-state index in [1.165, 1.54) is 0 Å². The van der Waals surface area contributed by atoms with Crippen LogP contribution in [-0.2, 0) is 14.3 Å². The summed E-state index contributed by atoms with van der Waals surface area (Å²) in [5, 5.41) is 0. The predicted molar refractivity (Wildman–Crippen MR) is 62.6 cm³/mol. The third kappa shape index (κ3) is 1.95. The molecule has 0 radical (unpaired) electrons. The highest BCUT2D eigenvalue weighted by Gasteiger charge is 2.62. The molecule has 3 atom stereocenters. The number of hydrogen-bond donors (Lipinski definition) is 0. The molecule has 6 heteroatoms. The van der Waals surface area contributed by atoms with Crippen LogP contribution in [0.2, 0.25) is 0 Å². The van der Waals surface area contributed by atoms with Crippen molar-refractivity contribution in [2.24, 2.45) is 23.2 Å². The molecule has 3 nitrogen and oxygen atoms in total. The average molecular weight is 290 g/mol. The summed E-state index contributed by atoms with van der Waals surface area (Å²) in [4.78, 5) is 24.6. The van der Waals surface area contributed by atoms with E-state index >= 15 is 0 Å². The first-order chi connectivity index (χ1) is 9.22. The minimum atomic E-state index is -4.58. The number of hydrogen-bond acceptors (Lipinski definition) is 3. The zero-order valence-electron chi connectivity index (χ0n) is 11.2. The largest absolute Gasteiger partial charge is 0.452 e. The fourth-order valence-electron chi connectivity index (χ4n) is 4.38. The number of carbonyl (C=O) groups is 2. The van der Waals surface area contributed by atoms with Gasteiger partial charge in [-0.25, -0.2) is 0 Å². The first-order valence-corrected chi connectivity index (χ1v) is 7.04. The highest BCUT2D eigenvalue weighted by atomic mass is 19.4. The minimum absolute atomic E-state index is 0.144. The van der Waals surface area contributed by atoms with Gasteiger partial charge in [0, 0.05) is 5.92 Å². The Morgan fingerprint density at radius 2 is 1.80 bits per heavy atom. The normalized spacial score (nSPS) is 40.8. The quantitative estimate of drug-likeness (QED) is 0.580. The van der Waals surface area contributed by atoms with E-state index in [9.17, 15) is 22.8 Å². The van der Waals surface area contributed by atoms with Crippen molar-refractivity contribution in [3.8, 4) is 0 Å². The Morgan fingerprint density at radius 1 is 1.25 bits per heavy atom. The number of Topliss-reactive ketones (excluding diaryl/α,β-unsaturated/α-hetero) is 1. The van der Waals surface area contributed by atoms with Gasteiger partial charge in [-0.2, -0.15) is 13.2 Å². The number of carbonyl (C=O) groups excluding carboxylic acids is 2. The van der Waals surface area contributed by atoms with Crippen molar-refractivity contribution in [2.45, 2.75) is 51.3 Å². The standard InChI is InChI=1S/C14H17F3O3/c1-7(14(15,16)17)20-12(19)13-5-8-2-9(6-13)4-10(3-8)11(13)18/h7-10H,2-6H2,1H3. The van der Waals surface area contributed by atoms with E-state index < -0.39 is 23.7 Å². The maximum absolute atomic E-state index is 12.5. The van der Waals surface area contributed by atoms with Crippen LogP contribution in [-0.4, -0.2) is 24.0 Å². The van der Waals surface area contributed by atoms with E-state index in [1.54, 1.807) is 0 Å². The number of alkyl halides is 3.